The molecule has 0 saturated carbocycles. The lowest BCUT2D eigenvalue weighted by Crippen LogP contribution is -2.45. The number of amides is 1. The van der Waals surface area contributed by atoms with Crippen LogP contribution in [-0.2, 0) is 16.0 Å². The highest BCUT2D eigenvalue weighted by molar-refractivity contribution is 5.78. The normalized spacial score (nSPS) is 25.3. The number of hydrogen-bond donors (Lipinski definition) is 1. The zero-order valence-corrected chi connectivity index (χ0v) is 14.6. The first-order chi connectivity index (χ1) is 11.8. The predicted octanol–water partition coefficient (Wildman–Crippen LogP) is 2.48. The molecular weight excluding hydrogens is 300 g/mol. The minimum Gasteiger partial charge on any atom is -0.381 e. The van der Waals surface area contributed by atoms with Gasteiger partial charge in [0, 0.05) is 26.2 Å². The number of likely N-dealkylation sites (tertiary alicyclic amines) is 1. The number of piperidine rings is 1. The topological polar surface area (TPSA) is 41.6 Å². The van der Waals surface area contributed by atoms with Crippen LogP contribution in [0, 0.1) is 11.8 Å². The molecule has 2 heterocycles. The van der Waals surface area contributed by atoms with Gasteiger partial charge in [0.2, 0.25) is 5.91 Å². The Morgan fingerprint density at radius 1 is 1.21 bits per heavy atom. The molecule has 0 spiro atoms. The van der Waals surface area contributed by atoms with E-state index in [9.17, 15) is 4.79 Å². The number of carbonyl (C=O) groups excluding carboxylic acids is 1. The van der Waals surface area contributed by atoms with Crippen LogP contribution < -0.4 is 5.32 Å². The summed E-state index contributed by atoms with van der Waals surface area (Å²) in [5, 5.41) is 3.17. The summed E-state index contributed by atoms with van der Waals surface area (Å²) in [6, 6.07) is 10.6. The highest BCUT2D eigenvalue weighted by Gasteiger charge is 2.26. The van der Waals surface area contributed by atoms with Crippen LogP contribution in [0.1, 0.15) is 31.2 Å². The van der Waals surface area contributed by atoms with Gasteiger partial charge < -0.3 is 15.0 Å². The number of nitrogens with one attached hydrogen (secondary N) is 1. The second kappa shape index (κ2) is 9.19. The second-order valence-corrected chi connectivity index (χ2v) is 7.20. The molecule has 0 bridgehead atoms. The van der Waals surface area contributed by atoms with Crippen LogP contribution >= 0.6 is 0 Å². The van der Waals surface area contributed by atoms with Gasteiger partial charge in [-0.1, -0.05) is 30.3 Å². The zero-order valence-electron chi connectivity index (χ0n) is 14.6. The summed E-state index contributed by atoms with van der Waals surface area (Å²) in [6.45, 7) is 5.52. The van der Waals surface area contributed by atoms with E-state index in [2.05, 4.69) is 40.5 Å². The maximum Gasteiger partial charge on any atom is 0.224 e. The second-order valence-electron chi connectivity index (χ2n) is 7.20. The third kappa shape index (κ3) is 5.32. The van der Waals surface area contributed by atoms with E-state index in [-0.39, 0.29) is 11.8 Å². The first-order valence-electron chi connectivity index (χ1n) is 9.43. The summed E-state index contributed by atoms with van der Waals surface area (Å²) in [6.07, 6.45) is 5.51. The lowest BCUT2D eigenvalue weighted by molar-refractivity contribution is -0.127. The Labute approximate surface area is 145 Å². The van der Waals surface area contributed by atoms with Crippen molar-refractivity contribution < 1.29 is 9.53 Å². The fourth-order valence-corrected chi connectivity index (χ4v) is 3.76. The van der Waals surface area contributed by atoms with E-state index >= 15 is 0 Å². The molecule has 3 rings (SSSR count). The van der Waals surface area contributed by atoms with Crippen LogP contribution in [0.25, 0.3) is 0 Å². The van der Waals surface area contributed by atoms with Crippen molar-refractivity contribution >= 4 is 5.91 Å². The Balaban J connectivity index is 1.40. The average Bonchev–Trinajstić information content (AvgIpc) is 2.66. The zero-order chi connectivity index (χ0) is 16.6. The summed E-state index contributed by atoms with van der Waals surface area (Å²) >= 11 is 0. The van der Waals surface area contributed by atoms with Gasteiger partial charge in [-0.3, -0.25) is 4.79 Å². The summed E-state index contributed by atoms with van der Waals surface area (Å²) in [5.74, 6) is 0.893. The molecule has 1 aromatic carbocycles. The quantitative estimate of drug-likeness (QED) is 0.871. The van der Waals surface area contributed by atoms with Crippen molar-refractivity contribution in [1.82, 2.24) is 10.2 Å². The molecule has 0 unspecified atom stereocenters. The van der Waals surface area contributed by atoms with Gasteiger partial charge in [0.1, 0.15) is 0 Å². The monoisotopic (exact) mass is 330 g/mol. The van der Waals surface area contributed by atoms with Gasteiger partial charge in [0.05, 0.1) is 12.5 Å². The Hall–Kier alpha value is -1.39. The van der Waals surface area contributed by atoms with Crippen molar-refractivity contribution in [2.75, 3.05) is 39.4 Å². The number of benzene rings is 1. The molecule has 0 aromatic heterocycles. The first kappa shape index (κ1) is 17.4. The molecule has 2 fully saturated rings. The lowest BCUT2D eigenvalue weighted by Gasteiger charge is -2.32. The van der Waals surface area contributed by atoms with Crippen molar-refractivity contribution in [3.63, 3.8) is 0 Å². The van der Waals surface area contributed by atoms with E-state index in [1.807, 2.05) is 0 Å². The van der Waals surface area contributed by atoms with Crippen LogP contribution in [-0.4, -0.2) is 50.2 Å². The third-order valence-corrected chi connectivity index (χ3v) is 5.26. The molecule has 132 valence electrons. The van der Waals surface area contributed by atoms with Crippen LogP contribution in [0.4, 0.5) is 0 Å². The van der Waals surface area contributed by atoms with Gasteiger partial charge in [0.25, 0.3) is 0 Å². The van der Waals surface area contributed by atoms with Crippen molar-refractivity contribution in [1.29, 1.82) is 0 Å². The van der Waals surface area contributed by atoms with E-state index in [4.69, 9.17) is 4.74 Å². The molecule has 0 radical (unpaired) electrons. The van der Waals surface area contributed by atoms with Gasteiger partial charge >= 0.3 is 0 Å². The smallest absolute Gasteiger partial charge is 0.224 e. The molecule has 4 nitrogen and oxygen atoms in total. The number of carbonyl (C=O) groups is 1. The fraction of sp³-hybridized carbons (Fsp3) is 0.650. The number of rotatable bonds is 6. The summed E-state index contributed by atoms with van der Waals surface area (Å²) in [5.41, 5.74) is 1.38. The van der Waals surface area contributed by atoms with Crippen LogP contribution in [0.15, 0.2) is 30.3 Å². The van der Waals surface area contributed by atoms with Gasteiger partial charge in [0.15, 0.2) is 0 Å². The van der Waals surface area contributed by atoms with Crippen LogP contribution in [0.3, 0.4) is 0 Å². The predicted molar refractivity (Wildman–Crippen MR) is 95.9 cm³/mol. The van der Waals surface area contributed by atoms with Crippen molar-refractivity contribution in [3.8, 4) is 0 Å². The van der Waals surface area contributed by atoms with Gasteiger partial charge in [-0.25, -0.2) is 0 Å². The van der Waals surface area contributed by atoms with Crippen molar-refractivity contribution in [2.24, 2.45) is 11.8 Å². The molecule has 0 aliphatic carbocycles. The summed E-state index contributed by atoms with van der Waals surface area (Å²) in [7, 11) is 0. The molecule has 24 heavy (non-hydrogen) atoms. The third-order valence-electron chi connectivity index (χ3n) is 5.26. The van der Waals surface area contributed by atoms with E-state index in [1.54, 1.807) is 0 Å². The fourth-order valence-electron chi connectivity index (χ4n) is 3.76. The standard InChI is InChI=1S/C20H30N2O2/c23-20(21-14-18-8-5-13-24-16-18)19-9-4-11-22(15-19)12-10-17-6-2-1-3-7-17/h1-3,6-7,18-19H,4-5,8-16H2,(H,21,23)/t18-,19+/m0/s1. The molecule has 2 saturated heterocycles. The Kier molecular flexibility index (Phi) is 6.67. The molecule has 1 N–H and O–H groups in total. The molecular formula is C20H30N2O2. The number of nitrogens with zero attached hydrogens (tertiary/aromatic N) is 1. The minimum absolute atomic E-state index is 0.152. The van der Waals surface area contributed by atoms with Crippen LogP contribution in [0.2, 0.25) is 0 Å². The van der Waals surface area contributed by atoms with Gasteiger partial charge in [-0.15, -0.1) is 0 Å². The molecule has 2 aliphatic heterocycles. The van der Waals surface area contributed by atoms with E-state index < -0.39 is 0 Å². The molecule has 1 aromatic rings. The summed E-state index contributed by atoms with van der Waals surface area (Å²) in [4.78, 5) is 14.9. The van der Waals surface area contributed by atoms with E-state index in [0.29, 0.717) is 5.92 Å². The van der Waals surface area contributed by atoms with Gasteiger partial charge in [-0.2, -0.15) is 0 Å². The van der Waals surface area contributed by atoms with Crippen LogP contribution in [0.5, 0.6) is 0 Å². The van der Waals surface area contributed by atoms with Crippen molar-refractivity contribution in [2.45, 2.75) is 32.1 Å². The number of ether oxygens (including phenoxy) is 1. The minimum atomic E-state index is 0.152. The number of hydrogen-bond acceptors (Lipinski definition) is 3. The molecule has 2 aliphatic rings. The highest BCUT2D eigenvalue weighted by atomic mass is 16.5. The Morgan fingerprint density at radius 3 is 2.88 bits per heavy atom. The van der Waals surface area contributed by atoms with Crippen molar-refractivity contribution in [3.05, 3.63) is 35.9 Å². The SMILES string of the molecule is O=C(NC[C@@H]1CCCOC1)[C@@H]1CCCN(CCc2ccccc2)C1. The van der Waals surface area contributed by atoms with Gasteiger partial charge in [-0.05, 0) is 50.1 Å². The molecule has 1 amide bonds. The van der Waals surface area contributed by atoms with E-state index in [1.165, 1.54) is 12.0 Å². The first-order valence-corrected chi connectivity index (χ1v) is 9.43. The highest BCUT2D eigenvalue weighted by Crippen LogP contribution is 2.18. The average molecular weight is 330 g/mol. The molecule has 2 atom stereocenters. The summed E-state index contributed by atoms with van der Waals surface area (Å²) < 4.78 is 5.49. The molecule has 4 heteroatoms. The maximum atomic E-state index is 12.5. The van der Waals surface area contributed by atoms with E-state index in [0.717, 1.165) is 65.1 Å². The maximum absolute atomic E-state index is 12.5. The Morgan fingerprint density at radius 2 is 2.08 bits per heavy atom. The largest absolute Gasteiger partial charge is 0.381 e. The Bertz CT molecular complexity index is 500. The lowest BCUT2D eigenvalue weighted by atomic mass is 9.96.